The van der Waals surface area contributed by atoms with Gasteiger partial charge in [-0.15, -0.1) is 11.3 Å². The van der Waals surface area contributed by atoms with Crippen molar-refractivity contribution >= 4 is 46.0 Å². The van der Waals surface area contributed by atoms with Crippen molar-refractivity contribution in [2.45, 2.75) is 19.4 Å². The van der Waals surface area contributed by atoms with Crippen LogP contribution in [0.3, 0.4) is 0 Å². The van der Waals surface area contributed by atoms with E-state index in [0.717, 1.165) is 35.5 Å². The van der Waals surface area contributed by atoms with Gasteiger partial charge in [0.1, 0.15) is 5.70 Å². The second-order valence-corrected chi connectivity index (χ2v) is 8.79. The topological polar surface area (TPSA) is 40.6 Å². The summed E-state index contributed by atoms with van der Waals surface area (Å²) in [6.07, 6.45) is 1.92. The molecule has 0 radical (unpaired) electrons. The second kappa shape index (κ2) is 7.74. The Balaban J connectivity index is 1.59. The molecule has 0 atom stereocenters. The number of nitrogens with zero attached hydrogens (tertiary/aromatic N) is 2. The molecule has 0 unspecified atom stereocenters. The van der Waals surface area contributed by atoms with Crippen LogP contribution >= 0.6 is 22.9 Å². The molecule has 0 spiro atoms. The first-order valence-electron chi connectivity index (χ1n) is 9.88. The van der Waals surface area contributed by atoms with Crippen LogP contribution in [-0.2, 0) is 22.6 Å². The Hall–Kier alpha value is -2.89. The normalized spacial score (nSPS) is 16.4. The highest BCUT2D eigenvalue weighted by atomic mass is 35.5. The highest BCUT2D eigenvalue weighted by molar-refractivity contribution is 7.11. The predicted octanol–water partition coefficient (Wildman–Crippen LogP) is 5.13. The van der Waals surface area contributed by atoms with Crippen molar-refractivity contribution in [2.24, 2.45) is 0 Å². The largest absolute Gasteiger partial charge is 0.336 e. The van der Waals surface area contributed by atoms with Gasteiger partial charge in [-0.25, -0.2) is 0 Å². The molecule has 6 heteroatoms. The summed E-state index contributed by atoms with van der Waals surface area (Å²) in [6.45, 7) is 0.942. The van der Waals surface area contributed by atoms with E-state index in [2.05, 4.69) is 6.07 Å². The van der Waals surface area contributed by atoms with Crippen LogP contribution in [0.25, 0.3) is 5.57 Å². The molecule has 0 bridgehead atoms. The van der Waals surface area contributed by atoms with Crippen molar-refractivity contribution in [3.8, 4) is 0 Å². The molecule has 4 nitrogen and oxygen atoms in total. The molecule has 30 heavy (non-hydrogen) atoms. The van der Waals surface area contributed by atoms with Gasteiger partial charge in [0.2, 0.25) is 0 Å². The van der Waals surface area contributed by atoms with E-state index in [-0.39, 0.29) is 18.4 Å². The number of carbonyl (C=O) groups excluding carboxylic acids is 2. The first-order valence-corrected chi connectivity index (χ1v) is 11.1. The minimum absolute atomic E-state index is 0.225. The van der Waals surface area contributed by atoms with Crippen LogP contribution in [0.15, 0.2) is 71.7 Å². The maximum Gasteiger partial charge on any atom is 0.278 e. The molecule has 2 aromatic carbocycles. The molecule has 3 heterocycles. The number of imide groups is 1. The van der Waals surface area contributed by atoms with Gasteiger partial charge in [-0.1, -0.05) is 48.0 Å². The summed E-state index contributed by atoms with van der Waals surface area (Å²) in [6, 6.07) is 19.2. The molecule has 1 aromatic heterocycles. The van der Waals surface area contributed by atoms with E-state index in [1.807, 2.05) is 52.7 Å². The number of carbonyl (C=O) groups is 2. The molecular weight excluding hydrogens is 416 g/mol. The molecule has 2 aliphatic rings. The number of halogens is 1. The Kier molecular flexibility index (Phi) is 4.93. The number of hydrogen-bond acceptors (Lipinski definition) is 4. The third-order valence-corrected chi connectivity index (χ3v) is 6.68. The van der Waals surface area contributed by atoms with Crippen LogP contribution in [0.2, 0.25) is 5.02 Å². The van der Waals surface area contributed by atoms with Gasteiger partial charge < -0.3 is 4.90 Å². The molecule has 150 valence electrons. The SMILES string of the molecule is O=C1C(c2cccs2)=C(N2CCCc3ccccc32)C(=O)N1Cc1ccc(Cl)cc1. The maximum absolute atomic E-state index is 13.6. The van der Waals surface area contributed by atoms with Gasteiger partial charge in [-0.2, -0.15) is 0 Å². The Morgan fingerprint density at radius 2 is 1.73 bits per heavy atom. The fraction of sp³-hybridized carbons (Fsp3) is 0.167. The lowest BCUT2D eigenvalue weighted by Gasteiger charge is -2.32. The standard InChI is InChI=1S/C24H19ClN2O2S/c25-18-11-9-16(10-12-18)15-27-23(28)21(20-8-4-14-30-20)22(24(27)29)26-13-3-6-17-5-1-2-7-19(17)26/h1-2,4-5,7-12,14H,3,6,13,15H2. The zero-order valence-electron chi connectivity index (χ0n) is 16.2. The average molecular weight is 435 g/mol. The molecular formula is C24H19ClN2O2S. The van der Waals surface area contributed by atoms with Crippen LogP contribution in [0, 0.1) is 0 Å². The lowest BCUT2D eigenvalue weighted by molar-refractivity contribution is -0.137. The fourth-order valence-corrected chi connectivity index (χ4v) is 5.03. The van der Waals surface area contributed by atoms with Gasteiger partial charge in [-0.3, -0.25) is 14.5 Å². The number of thiophene rings is 1. The first-order chi connectivity index (χ1) is 14.6. The summed E-state index contributed by atoms with van der Waals surface area (Å²) in [4.78, 5) is 31.3. The number of aryl methyl sites for hydroxylation is 1. The smallest absolute Gasteiger partial charge is 0.278 e. The third-order valence-electron chi connectivity index (χ3n) is 5.55. The number of amides is 2. The summed E-state index contributed by atoms with van der Waals surface area (Å²) < 4.78 is 0. The third kappa shape index (κ3) is 3.24. The zero-order chi connectivity index (χ0) is 20.7. The van der Waals surface area contributed by atoms with E-state index in [1.165, 1.54) is 21.8 Å². The zero-order valence-corrected chi connectivity index (χ0v) is 17.7. The molecule has 2 amide bonds. The minimum Gasteiger partial charge on any atom is -0.336 e. The van der Waals surface area contributed by atoms with E-state index in [0.29, 0.717) is 16.3 Å². The molecule has 0 fully saturated rings. The monoisotopic (exact) mass is 434 g/mol. The Bertz CT molecular complexity index is 1150. The minimum atomic E-state index is -0.241. The van der Waals surface area contributed by atoms with Crippen molar-refractivity contribution in [1.29, 1.82) is 0 Å². The van der Waals surface area contributed by atoms with E-state index >= 15 is 0 Å². The summed E-state index contributed by atoms with van der Waals surface area (Å²) >= 11 is 7.47. The van der Waals surface area contributed by atoms with Crippen molar-refractivity contribution in [1.82, 2.24) is 4.90 Å². The van der Waals surface area contributed by atoms with Crippen molar-refractivity contribution in [2.75, 3.05) is 11.4 Å². The van der Waals surface area contributed by atoms with E-state index in [1.54, 1.807) is 12.1 Å². The van der Waals surface area contributed by atoms with Crippen LogP contribution in [0.4, 0.5) is 5.69 Å². The Morgan fingerprint density at radius 1 is 0.933 bits per heavy atom. The predicted molar refractivity (Wildman–Crippen MR) is 120 cm³/mol. The number of rotatable bonds is 4. The van der Waals surface area contributed by atoms with Crippen LogP contribution in [0.1, 0.15) is 22.4 Å². The summed E-state index contributed by atoms with van der Waals surface area (Å²) in [5.74, 6) is -0.481. The van der Waals surface area contributed by atoms with Crippen LogP contribution in [0.5, 0.6) is 0 Å². The number of hydrogen-bond donors (Lipinski definition) is 0. The summed E-state index contributed by atoms with van der Waals surface area (Å²) in [5.41, 5.74) is 4.08. The molecule has 2 aliphatic heterocycles. The Morgan fingerprint density at radius 3 is 2.50 bits per heavy atom. The van der Waals surface area contributed by atoms with Gasteiger partial charge in [-0.05, 0) is 53.6 Å². The van der Waals surface area contributed by atoms with E-state index in [9.17, 15) is 9.59 Å². The number of benzene rings is 2. The number of fused-ring (bicyclic) bond motifs is 1. The number of anilines is 1. The number of para-hydroxylation sites is 1. The molecule has 0 saturated carbocycles. The molecule has 0 N–H and O–H groups in total. The van der Waals surface area contributed by atoms with Gasteiger partial charge in [0, 0.05) is 22.1 Å². The highest BCUT2D eigenvalue weighted by Gasteiger charge is 2.43. The Labute approximate surface area is 184 Å². The first kappa shape index (κ1) is 19.1. The lowest BCUT2D eigenvalue weighted by atomic mass is 10.00. The van der Waals surface area contributed by atoms with Gasteiger partial charge >= 0.3 is 0 Å². The lowest BCUT2D eigenvalue weighted by Crippen LogP contribution is -2.36. The van der Waals surface area contributed by atoms with Gasteiger partial charge in [0.05, 0.1) is 12.1 Å². The highest BCUT2D eigenvalue weighted by Crippen LogP contribution is 2.39. The average Bonchev–Trinajstić information content (AvgIpc) is 3.37. The van der Waals surface area contributed by atoms with Crippen molar-refractivity contribution in [3.05, 3.63) is 92.8 Å². The van der Waals surface area contributed by atoms with Crippen molar-refractivity contribution < 1.29 is 9.59 Å². The fourth-order valence-electron chi connectivity index (χ4n) is 4.14. The van der Waals surface area contributed by atoms with Gasteiger partial charge in [0.25, 0.3) is 11.8 Å². The van der Waals surface area contributed by atoms with Gasteiger partial charge in [0.15, 0.2) is 0 Å². The molecule has 0 saturated heterocycles. The second-order valence-electron chi connectivity index (χ2n) is 7.41. The maximum atomic E-state index is 13.6. The van der Waals surface area contributed by atoms with Crippen molar-refractivity contribution in [3.63, 3.8) is 0 Å². The molecule has 0 aliphatic carbocycles. The summed E-state index contributed by atoms with van der Waals surface area (Å²) in [7, 11) is 0. The van der Waals surface area contributed by atoms with E-state index in [4.69, 9.17) is 11.6 Å². The van der Waals surface area contributed by atoms with Crippen LogP contribution in [-0.4, -0.2) is 23.3 Å². The van der Waals surface area contributed by atoms with E-state index < -0.39 is 0 Å². The van der Waals surface area contributed by atoms with Crippen LogP contribution < -0.4 is 4.90 Å². The summed E-state index contributed by atoms with van der Waals surface area (Å²) in [5, 5.41) is 2.56. The quantitative estimate of drug-likeness (QED) is 0.534. The molecule has 3 aromatic rings. The molecule has 5 rings (SSSR count).